The van der Waals surface area contributed by atoms with Crippen molar-refractivity contribution < 1.29 is 27.8 Å². The van der Waals surface area contributed by atoms with Gasteiger partial charge in [0, 0.05) is 6.08 Å². The van der Waals surface area contributed by atoms with Crippen LogP contribution in [0.5, 0.6) is 5.75 Å². The van der Waals surface area contributed by atoms with Crippen LogP contribution in [0, 0.1) is 0 Å². The zero-order valence-electron chi connectivity index (χ0n) is 12.4. The van der Waals surface area contributed by atoms with Crippen LogP contribution < -0.4 is 10.1 Å². The van der Waals surface area contributed by atoms with Gasteiger partial charge in [0.15, 0.2) is 0 Å². The van der Waals surface area contributed by atoms with Crippen molar-refractivity contribution in [2.24, 2.45) is 0 Å². The average Bonchev–Trinajstić information content (AvgIpc) is 2.44. The van der Waals surface area contributed by atoms with Crippen molar-refractivity contribution in [3.05, 3.63) is 35.9 Å². The van der Waals surface area contributed by atoms with Gasteiger partial charge in [-0.3, -0.25) is 4.79 Å². The van der Waals surface area contributed by atoms with Gasteiger partial charge in [0.05, 0.1) is 7.11 Å². The molecule has 0 atom stereocenters. The van der Waals surface area contributed by atoms with E-state index in [-0.39, 0.29) is 5.75 Å². The third-order valence-corrected chi connectivity index (χ3v) is 2.66. The van der Waals surface area contributed by atoms with Crippen LogP contribution in [0.2, 0.25) is 0 Å². The molecule has 0 aliphatic rings. The van der Waals surface area contributed by atoms with E-state index in [0.717, 1.165) is 0 Å². The second-order valence-corrected chi connectivity index (χ2v) is 4.89. The number of alkyl halides is 2. The van der Waals surface area contributed by atoms with E-state index < -0.39 is 24.0 Å². The molecule has 0 fully saturated rings. The highest BCUT2D eigenvalue weighted by Crippen LogP contribution is 2.15. The summed E-state index contributed by atoms with van der Waals surface area (Å²) in [5.41, 5.74) is -0.529. The first-order valence-corrected chi connectivity index (χ1v) is 6.38. The van der Waals surface area contributed by atoms with Crippen molar-refractivity contribution >= 4 is 18.0 Å². The fourth-order valence-corrected chi connectivity index (χ4v) is 1.59. The van der Waals surface area contributed by atoms with Gasteiger partial charge in [-0.05, 0) is 37.6 Å². The number of hydrogen-bond acceptors (Lipinski definition) is 4. The summed E-state index contributed by atoms with van der Waals surface area (Å²) >= 11 is 0. The van der Waals surface area contributed by atoms with Crippen LogP contribution in [0.3, 0.4) is 0 Å². The second kappa shape index (κ2) is 7.53. The smallest absolute Gasteiger partial charge is 0.387 e. The monoisotopic (exact) mass is 313 g/mol. The summed E-state index contributed by atoms with van der Waals surface area (Å²) in [7, 11) is 1.23. The van der Waals surface area contributed by atoms with Crippen LogP contribution in [0.1, 0.15) is 19.4 Å². The number of amides is 1. The van der Waals surface area contributed by atoms with E-state index >= 15 is 0 Å². The quantitative estimate of drug-likeness (QED) is 0.647. The summed E-state index contributed by atoms with van der Waals surface area (Å²) in [5, 5.41) is 2.49. The zero-order valence-corrected chi connectivity index (χ0v) is 12.4. The molecule has 0 aromatic heterocycles. The van der Waals surface area contributed by atoms with Crippen LogP contribution in [0.4, 0.5) is 8.78 Å². The molecule has 1 aromatic rings. The van der Waals surface area contributed by atoms with Gasteiger partial charge >= 0.3 is 12.6 Å². The van der Waals surface area contributed by atoms with Gasteiger partial charge in [-0.15, -0.1) is 0 Å². The summed E-state index contributed by atoms with van der Waals surface area (Å²) in [6.07, 6.45) is 2.71. The predicted octanol–water partition coefficient (Wildman–Crippen LogP) is 2.37. The van der Waals surface area contributed by atoms with Gasteiger partial charge in [-0.2, -0.15) is 8.78 Å². The van der Waals surface area contributed by atoms with E-state index in [1.54, 1.807) is 0 Å². The van der Waals surface area contributed by atoms with Gasteiger partial charge in [-0.1, -0.05) is 12.1 Å². The Balaban J connectivity index is 2.64. The topological polar surface area (TPSA) is 64.6 Å². The summed E-state index contributed by atoms with van der Waals surface area (Å²) in [4.78, 5) is 23.2. The fraction of sp³-hybridized carbons (Fsp3) is 0.333. The van der Waals surface area contributed by atoms with Crippen LogP contribution in [0.15, 0.2) is 30.3 Å². The molecule has 0 saturated carbocycles. The molecule has 1 rings (SSSR count). The number of methoxy groups -OCH3 is 1. The Labute approximate surface area is 126 Å². The molecule has 0 spiro atoms. The maximum atomic E-state index is 12.0. The molecule has 0 heterocycles. The van der Waals surface area contributed by atoms with E-state index in [0.29, 0.717) is 5.56 Å². The number of carbonyl (C=O) groups excluding carboxylic acids is 2. The van der Waals surface area contributed by atoms with Crippen molar-refractivity contribution in [1.82, 2.24) is 5.32 Å². The Morgan fingerprint density at radius 1 is 1.23 bits per heavy atom. The third kappa shape index (κ3) is 5.51. The largest absolute Gasteiger partial charge is 0.467 e. The molecule has 1 amide bonds. The van der Waals surface area contributed by atoms with Gasteiger partial charge < -0.3 is 14.8 Å². The summed E-state index contributed by atoms with van der Waals surface area (Å²) in [5.74, 6) is -1.02. The SMILES string of the molecule is COC(=O)C(C)(C)NC(=O)/C=C/c1ccc(OC(F)F)cc1. The Bertz CT molecular complexity index is 553. The van der Waals surface area contributed by atoms with Crippen molar-refractivity contribution in [2.75, 3.05) is 7.11 Å². The van der Waals surface area contributed by atoms with E-state index in [2.05, 4.69) is 14.8 Å². The number of carbonyl (C=O) groups is 2. The molecule has 0 bridgehead atoms. The molecule has 0 saturated heterocycles. The lowest BCUT2D eigenvalue weighted by atomic mass is 10.1. The van der Waals surface area contributed by atoms with Crippen LogP contribution in [-0.4, -0.2) is 31.1 Å². The van der Waals surface area contributed by atoms with Gasteiger partial charge in [0.1, 0.15) is 11.3 Å². The average molecular weight is 313 g/mol. The molecule has 1 aromatic carbocycles. The van der Waals surface area contributed by atoms with E-state index in [4.69, 9.17) is 0 Å². The standard InChI is InChI=1S/C15H17F2NO4/c1-15(2,13(20)21-3)18-12(19)9-6-10-4-7-11(8-5-10)22-14(16)17/h4-9,14H,1-3H3,(H,18,19)/b9-6+. The fourth-order valence-electron chi connectivity index (χ4n) is 1.59. The maximum absolute atomic E-state index is 12.0. The highest BCUT2D eigenvalue weighted by Gasteiger charge is 2.29. The van der Waals surface area contributed by atoms with Crippen molar-refractivity contribution in [1.29, 1.82) is 0 Å². The van der Waals surface area contributed by atoms with Crippen LogP contribution >= 0.6 is 0 Å². The molecule has 22 heavy (non-hydrogen) atoms. The summed E-state index contributed by atoms with van der Waals surface area (Å²) < 4.78 is 32.8. The van der Waals surface area contributed by atoms with Gasteiger partial charge in [0.2, 0.25) is 5.91 Å². The van der Waals surface area contributed by atoms with Crippen LogP contribution in [0.25, 0.3) is 6.08 Å². The lowest BCUT2D eigenvalue weighted by molar-refractivity contribution is -0.148. The number of esters is 1. The van der Waals surface area contributed by atoms with Crippen molar-refractivity contribution in [3.63, 3.8) is 0 Å². The Morgan fingerprint density at radius 2 is 1.82 bits per heavy atom. The number of rotatable bonds is 6. The van der Waals surface area contributed by atoms with Crippen LogP contribution in [-0.2, 0) is 14.3 Å². The maximum Gasteiger partial charge on any atom is 0.387 e. The molecule has 7 heteroatoms. The highest BCUT2D eigenvalue weighted by atomic mass is 19.3. The molecule has 5 nitrogen and oxygen atoms in total. The van der Waals surface area contributed by atoms with Crippen molar-refractivity contribution in [3.8, 4) is 5.75 Å². The first-order valence-electron chi connectivity index (χ1n) is 6.38. The summed E-state index contributed by atoms with van der Waals surface area (Å²) in [6, 6.07) is 5.77. The normalized spacial score (nSPS) is 11.5. The second-order valence-electron chi connectivity index (χ2n) is 4.89. The minimum atomic E-state index is -2.88. The zero-order chi connectivity index (χ0) is 16.8. The van der Waals surface area contributed by atoms with E-state index in [1.165, 1.54) is 57.4 Å². The molecular formula is C15H17F2NO4. The number of ether oxygens (including phenoxy) is 2. The van der Waals surface area contributed by atoms with E-state index in [1.807, 2.05) is 0 Å². The number of benzene rings is 1. The van der Waals surface area contributed by atoms with Gasteiger partial charge in [-0.25, -0.2) is 4.79 Å². The summed E-state index contributed by atoms with van der Waals surface area (Å²) in [6.45, 7) is 0.148. The molecule has 1 N–H and O–H groups in total. The Hall–Kier alpha value is -2.44. The lowest BCUT2D eigenvalue weighted by Gasteiger charge is -2.22. The lowest BCUT2D eigenvalue weighted by Crippen LogP contribution is -2.49. The Morgan fingerprint density at radius 3 is 2.32 bits per heavy atom. The molecule has 120 valence electrons. The minimum Gasteiger partial charge on any atom is -0.467 e. The van der Waals surface area contributed by atoms with E-state index in [9.17, 15) is 18.4 Å². The highest BCUT2D eigenvalue weighted by molar-refractivity contribution is 5.95. The Kier molecular flexibility index (Phi) is 6.03. The molecule has 0 aliphatic heterocycles. The number of nitrogens with one attached hydrogen (secondary N) is 1. The molecule has 0 radical (unpaired) electrons. The number of halogens is 2. The third-order valence-electron chi connectivity index (χ3n) is 2.66. The first-order chi connectivity index (χ1) is 10.2. The number of hydrogen-bond donors (Lipinski definition) is 1. The predicted molar refractivity (Wildman–Crippen MR) is 76.3 cm³/mol. The van der Waals surface area contributed by atoms with Crippen molar-refractivity contribution in [2.45, 2.75) is 26.0 Å². The molecule has 0 aliphatic carbocycles. The van der Waals surface area contributed by atoms with Gasteiger partial charge in [0.25, 0.3) is 0 Å². The molecular weight excluding hydrogens is 296 g/mol. The molecule has 0 unspecified atom stereocenters. The first kappa shape index (κ1) is 17.6. The minimum absolute atomic E-state index is 0.0310.